The first-order valence-corrected chi connectivity index (χ1v) is 16.6. The van der Waals surface area contributed by atoms with Crippen LogP contribution in [0.5, 0.6) is 0 Å². The maximum Gasteiger partial charge on any atom is 0.105 e. The lowest BCUT2D eigenvalue weighted by molar-refractivity contribution is 0.273. The summed E-state index contributed by atoms with van der Waals surface area (Å²) in [5, 5.41) is 0. The van der Waals surface area contributed by atoms with E-state index >= 15 is 0 Å². The molecule has 0 bridgehead atoms. The minimum Gasteiger partial charge on any atom is -0.356 e. The Morgan fingerprint density at radius 2 is 0.919 bits per heavy atom. The molecule has 1 unspecified atom stereocenters. The molecular formula is C35H62N2. The quantitative estimate of drug-likeness (QED) is 0.121. The molecule has 1 aliphatic rings. The Balaban J connectivity index is 1.59. The molecule has 0 N–H and O–H groups in total. The molecule has 37 heavy (non-hydrogen) atoms. The molecule has 2 nitrogen and oxygen atoms in total. The van der Waals surface area contributed by atoms with E-state index in [0.29, 0.717) is 6.17 Å². The number of nitrogens with zero attached hydrogens (tertiary/aromatic N) is 2. The summed E-state index contributed by atoms with van der Waals surface area (Å²) in [5.41, 5.74) is 1.34. The Morgan fingerprint density at radius 1 is 0.486 bits per heavy atom. The Kier molecular flexibility index (Phi) is 19.4. The second kappa shape index (κ2) is 22.5. The van der Waals surface area contributed by atoms with Crippen molar-refractivity contribution in [1.82, 2.24) is 4.90 Å². The van der Waals surface area contributed by atoms with Crippen LogP contribution in [0, 0.1) is 0 Å². The average Bonchev–Trinajstić information content (AvgIpc) is 3.33. The third-order valence-corrected chi connectivity index (χ3v) is 8.26. The minimum atomic E-state index is 0.504. The first kappa shape index (κ1) is 31.8. The molecule has 1 aromatic rings. The van der Waals surface area contributed by atoms with Crippen molar-refractivity contribution in [3.63, 3.8) is 0 Å². The van der Waals surface area contributed by atoms with Gasteiger partial charge in [-0.1, -0.05) is 160 Å². The van der Waals surface area contributed by atoms with Gasteiger partial charge in [0.25, 0.3) is 0 Å². The lowest BCUT2D eigenvalue weighted by Gasteiger charge is -2.33. The van der Waals surface area contributed by atoms with Crippen LogP contribution in [0.4, 0.5) is 5.69 Å². The molecule has 1 aromatic carbocycles. The third-order valence-electron chi connectivity index (χ3n) is 8.26. The van der Waals surface area contributed by atoms with Crippen LogP contribution >= 0.6 is 0 Å². The Bertz CT molecular complexity index is 640. The van der Waals surface area contributed by atoms with Crippen molar-refractivity contribution >= 4 is 5.69 Å². The van der Waals surface area contributed by atoms with Crippen molar-refractivity contribution < 1.29 is 0 Å². The van der Waals surface area contributed by atoms with E-state index in [-0.39, 0.29) is 0 Å². The van der Waals surface area contributed by atoms with E-state index in [0.717, 1.165) is 0 Å². The van der Waals surface area contributed by atoms with Crippen LogP contribution in [-0.4, -0.2) is 17.6 Å². The molecule has 0 aliphatic carbocycles. The van der Waals surface area contributed by atoms with Gasteiger partial charge in [0.2, 0.25) is 0 Å². The van der Waals surface area contributed by atoms with Gasteiger partial charge in [0.1, 0.15) is 6.17 Å². The highest BCUT2D eigenvalue weighted by Gasteiger charge is 2.26. The molecule has 0 aromatic heterocycles. The van der Waals surface area contributed by atoms with Crippen molar-refractivity contribution in [2.75, 3.05) is 11.4 Å². The predicted octanol–water partition coefficient (Wildman–Crippen LogP) is 11.6. The molecule has 1 atom stereocenters. The zero-order valence-electron chi connectivity index (χ0n) is 25.0. The van der Waals surface area contributed by atoms with Crippen molar-refractivity contribution in [3.8, 4) is 0 Å². The van der Waals surface area contributed by atoms with Gasteiger partial charge in [-0.3, -0.25) is 0 Å². The van der Waals surface area contributed by atoms with E-state index in [4.69, 9.17) is 0 Å². The molecule has 0 amide bonds. The summed E-state index contributed by atoms with van der Waals surface area (Å²) in [6.45, 7) is 5.81. The molecule has 212 valence electrons. The maximum atomic E-state index is 2.63. The topological polar surface area (TPSA) is 6.48 Å². The highest BCUT2D eigenvalue weighted by Crippen LogP contribution is 2.28. The van der Waals surface area contributed by atoms with E-state index in [9.17, 15) is 0 Å². The van der Waals surface area contributed by atoms with Gasteiger partial charge in [-0.2, -0.15) is 0 Å². The van der Waals surface area contributed by atoms with Crippen LogP contribution in [-0.2, 0) is 0 Å². The van der Waals surface area contributed by atoms with Crippen LogP contribution in [0.1, 0.15) is 162 Å². The van der Waals surface area contributed by atoms with Gasteiger partial charge in [-0.15, -0.1) is 0 Å². The fourth-order valence-corrected chi connectivity index (χ4v) is 5.85. The third kappa shape index (κ3) is 14.9. The van der Waals surface area contributed by atoms with E-state index in [1.54, 1.807) is 0 Å². The summed E-state index contributed by atoms with van der Waals surface area (Å²) < 4.78 is 0. The van der Waals surface area contributed by atoms with E-state index in [1.807, 2.05) is 0 Å². The number of rotatable bonds is 25. The highest BCUT2D eigenvalue weighted by atomic mass is 15.4. The van der Waals surface area contributed by atoms with Crippen molar-refractivity contribution in [3.05, 3.63) is 42.7 Å². The normalized spacial score (nSPS) is 15.2. The van der Waals surface area contributed by atoms with Crippen LogP contribution in [0.3, 0.4) is 0 Å². The standard InChI is InChI=1S/C35H62N2/c1-3-5-7-9-11-13-14-15-16-17-19-21-26-30-35-36(31-27-22-20-18-12-10-8-6-4-2)32-33-37(35)34-28-24-23-25-29-34/h23-25,28-29,32-33,35H,3-22,26-27,30-31H2,1-2H3. The fourth-order valence-electron chi connectivity index (χ4n) is 5.85. The second-order valence-electron chi connectivity index (χ2n) is 11.6. The maximum absolute atomic E-state index is 2.63. The van der Waals surface area contributed by atoms with Crippen LogP contribution < -0.4 is 4.90 Å². The largest absolute Gasteiger partial charge is 0.356 e. The zero-order valence-corrected chi connectivity index (χ0v) is 25.0. The lowest BCUT2D eigenvalue weighted by Crippen LogP contribution is -2.39. The van der Waals surface area contributed by atoms with Crippen LogP contribution in [0.15, 0.2) is 42.7 Å². The van der Waals surface area contributed by atoms with Gasteiger partial charge in [0.05, 0.1) is 0 Å². The first-order chi connectivity index (χ1) is 18.4. The molecule has 0 fully saturated rings. The molecule has 0 saturated heterocycles. The average molecular weight is 511 g/mol. The first-order valence-electron chi connectivity index (χ1n) is 16.6. The Morgan fingerprint density at radius 3 is 1.41 bits per heavy atom. The minimum absolute atomic E-state index is 0.504. The fraction of sp³-hybridized carbons (Fsp3) is 0.771. The summed E-state index contributed by atoms with van der Waals surface area (Å²) >= 11 is 0. The molecular weight excluding hydrogens is 448 g/mol. The molecule has 1 aliphatic heterocycles. The molecule has 0 radical (unpaired) electrons. The number of para-hydroxylation sites is 1. The Hall–Kier alpha value is -1.44. The summed E-state index contributed by atoms with van der Waals surface area (Å²) in [6, 6.07) is 11.0. The van der Waals surface area contributed by atoms with Crippen molar-refractivity contribution in [1.29, 1.82) is 0 Å². The number of hydrogen-bond acceptors (Lipinski definition) is 2. The highest BCUT2D eigenvalue weighted by molar-refractivity contribution is 5.51. The van der Waals surface area contributed by atoms with Crippen molar-refractivity contribution in [2.24, 2.45) is 0 Å². The number of unbranched alkanes of at least 4 members (excludes halogenated alkanes) is 20. The smallest absolute Gasteiger partial charge is 0.105 e. The van der Waals surface area contributed by atoms with Crippen molar-refractivity contribution in [2.45, 2.75) is 168 Å². The van der Waals surface area contributed by atoms with Gasteiger partial charge in [0, 0.05) is 24.6 Å². The number of anilines is 1. The predicted molar refractivity (Wildman–Crippen MR) is 166 cm³/mol. The second-order valence-corrected chi connectivity index (χ2v) is 11.6. The zero-order chi connectivity index (χ0) is 26.2. The van der Waals surface area contributed by atoms with Gasteiger partial charge in [0.15, 0.2) is 0 Å². The molecule has 2 heteroatoms. The molecule has 0 saturated carbocycles. The summed E-state index contributed by atoms with van der Waals surface area (Å²) in [5.74, 6) is 0. The summed E-state index contributed by atoms with van der Waals surface area (Å²) in [7, 11) is 0. The summed E-state index contributed by atoms with van der Waals surface area (Å²) in [4.78, 5) is 5.16. The molecule has 1 heterocycles. The molecule has 0 spiro atoms. The van der Waals surface area contributed by atoms with Gasteiger partial charge < -0.3 is 9.80 Å². The van der Waals surface area contributed by atoms with Gasteiger partial charge in [-0.05, 0) is 31.4 Å². The number of hydrogen-bond donors (Lipinski definition) is 0. The van der Waals surface area contributed by atoms with Gasteiger partial charge in [-0.25, -0.2) is 0 Å². The molecule has 2 rings (SSSR count). The van der Waals surface area contributed by atoms with Crippen LogP contribution in [0.2, 0.25) is 0 Å². The monoisotopic (exact) mass is 510 g/mol. The number of benzene rings is 1. The van der Waals surface area contributed by atoms with Gasteiger partial charge >= 0.3 is 0 Å². The summed E-state index contributed by atoms with van der Waals surface area (Å²) in [6.07, 6.45) is 37.7. The SMILES string of the molecule is CCCCCCCCCCCCCCCC1N(CCCCCCCCCCC)C=CN1c1ccccc1. The lowest BCUT2D eigenvalue weighted by atomic mass is 10.0. The van der Waals surface area contributed by atoms with Crippen LogP contribution in [0.25, 0.3) is 0 Å². The van der Waals surface area contributed by atoms with E-state index in [2.05, 4.69) is 66.4 Å². The van der Waals surface area contributed by atoms with E-state index < -0.39 is 0 Å². The Labute approximate surface area is 232 Å². The van der Waals surface area contributed by atoms with E-state index in [1.165, 1.54) is 160 Å².